The zero-order chi connectivity index (χ0) is 28.2. The number of rotatable bonds is 7. The average Bonchev–Trinajstić information content (AvgIpc) is 3.54. The van der Waals surface area contributed by atoms with Gasteiger partial charge in [-0.3, -0.25) is 9.59 Å². The van der Waals surface area contributed by atoms with Gasteiger partial charge in [0.15, 0.2) is 6.26 Å². The molecule has 11 heteroatoms. The van der Waals surface area contributed by atoms with Crippen LogP contribution in [-0.4, -0.2) is 47.0 Å². The van der Waals surface area contributed by atoms with Crippen LogP contribution in [-0.2, 0) is 19.5 Å². The van der Waals surface area contributed by atoms with Crippen molar-refractivity contribution in [3.8, 4) is 17.2 Å². The molecule has 9 nitrogen and oxygen atoms in total. The van der Waals surface area contributed by atoms with Crippen molar-refractivity contribution in [2.45, 2.75) is 39.8 Å². The van der Waals surface area contributed by atoms with Gasteiger partial charge in [-0.25, -0.2) is 9.52 Å². The number of phenolic OH excluding ortho intramolecular Hbond substituents is 2. The highest BCUT2D eigenvalue weighted by Gasteiger charge is 2.56. The lowest BCUT2D eigenvalue weighted by Gasteiger charge is -2.20. The second kappa shape index (κ2) is 9.95. The zero-order valence-corrected chi connectivity index (χ0v) is 23.7. The predicted octanol–water partition coefficient (Wildman–Crippen LogP) is 3.72. The van der Waals surface area contributed by atoms with Crippen LogP contribution < -0.4 is 19.9 Å². The highest BCUT2D eigenvalue weighted by Crippen LogP contribution is 2.64. The van der Waals surface area contributed by atoms with E-state index in [0.717, 1.165) is 0 Å². The first kappa shape index (κ1) is 27.1. The van der Waals surface area contributed by atoms with Crippen molar-refractivity contribution in [1.82, 2.24) is 4.72 Å². The maximum atomic E-state index is 13.8. The Balaban J connectivity index is 1.73. The molecular weight excluding hydrogens is 541 g/mol. The summed E-state index contributed by atoms with van der Waals surface area (Å²) >= 11 is 0. The molecule has 39 heavy (non-hydrogen) atoms. The molecule has 3 aromatic carbocycles. The number of phenols is 2. The lowest BCUT2D eigenvalue weighted by atomic mass is 9.94. The fourth-order valence-corrected chi connectivity index (χ4v) is 12.4. The first-order chi connectivity index (χ1) is 18.5. The number of carbonyl (C=O) groups excluding carboxylic acids is 3. The molecule has 0 aromatic heterocycles. The Hall–Kier alpha value is -3.43. The minimum atomic E-state index is -2.81. The monoisotopic (exact) mass is 569 g/mol. The summed E-state index contributed by atoms with van der Waals surface area (Å²) in [4.78, 5) is 40.0. The molecule has 2 heterocycles. The molecule has 3 N–H and O–H groups in total. The molecule has 0 spiro atoms. The summed E-state index contributed by atoms with van der Waals surface area (Å²) in [5.74, 6) is -2.72. The van der Waals surface area contributed by atoms with E-state index >= 15 is 0 Å². The van der Waals surface area contributed by atoms with E-state index in [1.807, 2.05) is 13.8 Å². The van der Waals surface area contributed by atoms with Crippen LogP contribution in [0.15, 0.2) is 48.5 Å². The number of ketones is 2. The summed E-state index contributed by atoms with van der Waals surface area (Å²) in [5, 5.41) is 23.5. The molecular formula is C28H28NO8PS. The first-order valence-corrected chi connectivity index (χ1v) is 15.8. The van der Waals surface area contributed by atoms with Gasteiger partial charge in [0.1, 0.15) is 22.8 Å². The SMILES string of the molecule is COS(NC(C)C)=P12Oc3ccccc3C(=O)c3c(O)c(C(=O)c4cccc(C(=O)OC(C)C)c4O)cc1c32. The zero-order valence-electron chi connectivity index (χ0n) is 22.0. The van der Waals surface area contributed by atoms with Gasteiger partial charge >= 0.3 is 5.97 Å². The highest BCUT2D eigenvalue weighted by atomic mass is 32.5. The maximum absolute atomic E-state index is 13.8. The van der Waals surface area contributed by atoms with Crippen molar-refractivity contribution in [3.05, 3.63) is 76.3 Å². The summed E-state index contributed by atoms with van der Waals surface area (Å²) < 4.78 is 21.0. The van der Waals surface area contributed by atoms with E-state index in [0.29, 0.717) is 16.4 Å². The third-order valence-corrected chi connectivity index (χ3v) is 13.5. The largest absolute Gasteiger partial charge is 0.506 e. The molecule has 5 rings (SSSR count). The molecule has 0 radical (unpaired) electrons. The number of esters is 1. The molecule has 0 bridgehead atoms. The van der Waals surface area contributed by atoms with E-state index in [9.17, 15) is 24.6 Å². The second-order valence-corrected chi connectivity index (χ2v) is 15.5. The van der Waals surface area contributed by atoms with Crippen molar-refractivity contribution in [1.29, 1.82) is 0 Å². The molecule has 0 fully saturated rings. The van der Waals surface area contributed by atoms with Crippen LogP contribution >= 0.6 is 6.26 Å². The quantitative estimate of drug-likeness (QED) is 0.221. The summed E-state index contributed by atoms with van der Waals surface area (Å²) in [7, 11) is 0.551. The van der Waals surface area contributed by atoms with Gasteiger partial charge in [-0.15, -0.1) is 0 Å². The number of nitrogens with one attached hydrogen (secondary N) is 1. The molecule has 2 aliphatic rings. The number of carbonyl (C=O) groups is 3. The van der Waals surface area contributed by atoms with Gasteiger partial charge in [-0.05, 0) is 58.0 Å². The lowest BCUT2D eigenvalue weighted by Crippen LogP contribution is -2.26. The van der Waals surface area contributed by atoms with Crippen LogP contribution in [0.3, 0.4) is 0 Å². The molecule has 2 unspecified atom stereocenters. The van der Waals surface area contributed by atoms with Crippen molar-refractivity contribution in [2.75, 3.05) is 7.11 Å². The van der Waals surface area contributed by atoms with Crippen LogP contribution in [0.25, 0.3) is 0 Å². The molecule has 0 aliphatic carbocycles. The standard InChI is InChI=1S/C28H28NO8PS/c1-14(2)29-39(35-5)38-21-13-19(24(31)17-10-8-11-18(23(17)30)28(34)36-15(3)4)26(33)22(27(21)38)25(32)16-9-6-7-12-20(16)37-38/h6-15,29-30,33H,1-5H3. The minimum Gasteiger partial charge on any atom is -0.506 e. The Kier molecular flexibility index (Phi) is 6.93. The van der Waals surface area contributed by atoms with Crippen LogP contribution in [0, 0.1) is 0 Å². The Labute approximate surface area is 228 Å². The fraction of sp³-hybridized carbons (Fsp3) is 0.250. The van der Waals surface area contributed by atoms with Crippen molar-refractivity contribution >= 4 is 44.9 Å². The Morgan fingerprint density at radius 1 is 0.974 bits per heavy atom. The normalized spacial score (nSPS) is 17.7. The van der Waals surface area contributed by atoms with E-state index in [1.54, 1.807) is 45.2 Å². The van der Waals surface area contributed by atoms with Gasteiger partial charge in [-0.1, -0.05) is 18.2 Å². The minimum absolute atomic E-state index is 0.0101. The smallest absolute Gasteiger partial charge is 0.342 e. The fourth-order valence-electron chi connectivity index (χ4n) is 4.55. The first-order valence-electron chi connectivity index (χ1n) is 12.3. The van der Waals surface area contributed by atoms with Crippen LogP contribution in [0.4, 0.5) is 0 Å². The maximum Gasteiger partial charge on any atom is 0.342 e. The van der Waals surface area contributed by atoms with E-state index in [2.05, 4.69) is 4.72 Å². The summed E-state index contributed by atoms with van der Waals surface area (Å²) in [5.41, 5.74) is -0.327. The molecule has 2 atom stereocenters. The Bertz CT molecular complexity index is 1630. The van der Waals surface area contributed by atoms with E-state index in [1.165, 1.54) is 24.3 Å². The van der Waals surface area contributed by atoms with Gasteiger partial charge in [0.25, 0.3) is 0 Å². The summed E-state index contributed by atoms with van der Waals surface area (Å²) in [6.07, 6.45) is -3.25. The van der Waals surface area contributed by atoms with Crippen molar-refractivity contribution < 1.29 is 38.0 Å². The molecule has 0 amide bonds. The van der Waals surface area contributed by atoms with Crippen molar-refractivity contribution in [3.63, 3.8) is 0 Å². The number of hydrogen-bond donors (Lipinski definition) is 3. The van der Waals surface area contributed by atoms with E-state index in [4.69, 9.17) is 13.4 Å². The van der Waals surface area contributed by atoms with Crippen LogP contribution in [0.2, 0.25) is 0 Å². The number of benzene rings is 3. The lowest BCUT2D eigenvalue weighted by molar-refractivity contribution is 0.0374. The van der Waals surface area contributed by atoms with E-state index in [-0.39, 0.29) is 33.9 Å². The van der Waals surface area contributed by atoms with Crippen LogP contribution in [0.5, 0.6) is 17.2 Å². The molecule has 0 saturated heterocycles. The number of fused-ring (bicyclic) bond motifs is 2. The molecule has 2 aliphatic heterocycles. The third-order valence-electron chi connectivity index (χ3n) is 6.22. The van der Waals surface area contributed by atoms with Crippen molar-refractivity contribution in [2.24, 2.45) is 0 Å². The van der Waals surface area contributed by atoms with Gasteiger partial charge < -0.3 is 23.7 Å². The average molecular weight is 570 g/mol. The number of aromatic hydroxyl groups is 2. The predicted molar refractivity (Wildman–Crippen MR) is 150 cm³/mol. The topological polar surface area (TPSA) is 131 Å². The number of para-hydroxylation sites is 2. The number of hydrogen-bond acceptors (Lipinski definition) is 8. The van der Waals surface area contributed by atoms with Gasteiger partial charge in [0.2, 0.25) is 11.6 Å². The molecule has 3 aromatic rings. The Morgan fingerprint density at radius 2 is 1.67 bits per heavy atom. The van der Waals surface area contributed by atoms with E-state index < -0.39 is 51.9 Å². The third kappa shape index (κ3) is 4.28. The van der Waals surface area contributed by atoms with Gasteiger partial charge in [0.05, 0.1) is 51.3 Å². The molecule has 204 valence electrons. The summed E-state index contributed by atoms with van der Waals surface area (Å²) in [6, 6.07) is 12.4. The number of ether oxygens (including phenoxy) is 1. The highest BCUT2D eigenvalue weighted by molar-refractivity contribution is 8.37. The van der Waals surface area contributed by atoms with Gasteiger partial charge in [0, 0.05) is 11.3 Å². The van der Waals surface area contributed by atoms with Crippen LogP contribution in [0.1, 0.15) is 69.9 Å². The summed E-state index contributed by atoms with van der Waals surface area (Å²) in [6.45, 7) is 7.24. The van der Waals surface area contributed by atoms with Gasteiger partial charge in [-0.2, -0.15) is 0 Å². The second-order valence-electron chi connectivity index (χ2n) is 9.66. The Morgan fingerprint density at radius 3 is 2.33 bits per heavy atom. The molecule has 0 saturated carbocycles.